The van der Waals surface area contributed by atoms with Crippen molar-refractivity contribution in [3.8, 4) is 0 Å². The number of carbonyl (C=O) groups is 1. The van der Waals surface area contributed by atoms with Crippen LogP contribution in [0.3, 0.4) is 0 Å². The summed E-state index contributed by atoms with van der Waals surface area (Å²) in [5.41, 5.74) is 0. The van der Waals surface area contributed by atoms with Gasteiger partial charge >= 0.3 is 0 Å². The Morgan fingerprint density at radius 1 is 1.07 bits per heavy atom. The molecule has 0 unspecified atom stereocenters. The first kappa shape index (κ1) is 11.7. The second-order valence-electron chi connectivity index (χ2n) is 2.78. The van der Waals surface area contributed by atoms with Crippen LogP contribution in [-0.2, 0) is 4.79 Å². The largest absolute Gasteiger partial charge is 0.368 e. The van der Waals surface area contributed by atoms with Crippen LogP contribution in [0.25, 0.3) is 0 Å². The van der Waals surface area contributed by atoms with Gasteiger partial charge < -0.3 is 10.6 Å². The molecule has 0 amide bonds. The molecule has 3 nitrogen and oxygen atoms in total. The third kappa shape index (κ3) is 6.62. The molecule has 2 N–H and O–H groups in total. The molecular formula is C11H14N2OS. The molecule has 0 aromatic carbocycles. The molecule has 0 saturated carbocycles. The maximum Gasteiger partial charge on any atom is 0.160 e. The van der Waals surface area contributed by atoms with Crippen LogP contribution in [0.5, 0.6) is 0 Å². The van der Waals surface area contributed by atoms with Crippen LogP contribution in [0, 0.1) is 0 Å². The summed E-state index contributed by atoms with van der Waals surface area (Å²) in [6.45, 7) is 0. The Labute approximate surface area is 94.0 Å². The molecule has 2 rings (SSSR count). The van der Waals surface area contributed by atoms with E-state index in [-0.39, 0.29) is 5.78 Å². The van der Waals surface area contributed by atoms with E-state index in [0.29, 0.717) is 6.42 Å². The fourth-order valence-electron chi connectivity index (χ4n) is 0.878. The predicted octanol–water partition coefficient (Wildman–Crippen LogP) is 1.88. The average molecular weight is 222 g/mol. The molecule has 2 aliphatic rings. The van der Waals surface area contributed by atoms with Gasteiger partial charge in [-0.25, -0.2) is 0 Å². The lowest BCUT2D eigenvalue weighted by Crippen LogP contribution is -1.89. The predicted molar refractivity (Wildman–Crippen MR) is 64.9 cm³/mol. The summed E-state index contributed by atoms with van der Waals surface area (Å²) in [6.07, 6.45) is 13.2. The molecular weight excluding hydrogens is 208 g/mol. The first-order valence-corrected chi connectivity index (χ1v) is 5.72. The Kier molecular flexibility index (Phi) is 6.17. The molecule has 0 fully saturated rings. The van der Waals surface area contributed by atoms with E-state index >= 15 is 0 Å². The number of hydrogen-bond acceptors (Lipinski definition) is 4. The highest BCUT2D eigenvalue weighted by Gasteiger charge is 1.92. The number of rotatable bonds is 0. The van der Waals surface area contributed by atoms with Crippen LogP contribution in [0.4, 0.5) is 0 Å². The molecule has 0 aromatic heterocycles. The summed E-state index contributed by atoms with van der Waals surface area (Å²) >= 11 is 1.79. The maximum absolute atomic E-state index is 10.5. The minimum absolute atomic E-state index is 0.145. The lowest BCUT2D eigenvalue weighted by Gasteiger charge is -1.78. The second kappa shape index (κ2) is 7.94. The van der Waals surface area contributed by atoms with Crippen molar-refractivity contribution in [2.45, 2.75) is 6.42 Å². The summed E-state index contributed by atoms with van der Waals surface area (Å²) < 4.78 is 0. The Bertz CT molecular complexity index is 294. The molecule has 4 heteroatoms. The zero-order valence-electron chi connectivity index (χ0n) is 8.35. The van der Waals surface area contributed by atoms with Crippen LogP contribution in [-0.4, -0.2) is 11.5 Å². The van der Waals surface area contributed by atoms with Crippen molar-refractivity contribution < 1.29 is 4.79 Å². The summed E-state index contributed by atoms with van der Waals surface area (Å²) in [5.74, 6) is 1.23. The smallest absolute Gasteiger partial charge is 0.160 e. The summed E-state index contributed by atoms with van der Waals surface area (Å²) in [7, 11) is 0. The average Bonchev–Trinajstić information content (AvgIpc) is 2.64. The van der Waals surface area contributed by atoms with Gasteiger partial charge in [-0.05, 0) is 23.9 Å². The number of hydrogen-bond donors (Lipinski definition) is 2. The van der Waals surface area contributed by atoms with Gasteiger partial charge in [-0.3, -0.25) is 4.79 Å². The van der Waals surface area contributed by atoms with Crippen LogP contribution >= 0.6 is 11.8 Å². The molecule has 0 aromatic rings. The Hall–Kier alpha value is -1.42. The minimum Gasteiger partial charge on any atom is -0.368 e. The molecule has 2 aliphatic heterocycles. The van der Waals surface area contributed by atoms with Gasteiger partial charge in [0, 0.05) is 24.6 Å². The number of nitrogens with one attached hydrogen (secondary N) is 2. The Morgan fingerprint density at radius 3 is 2.80 bits per heavy atom. The van der Waals surface area contributed by atoms with Gasteiger partial charge in [0.15, 0.2) is 5.78 Å². The van der Waals surface area contributed by atoms with Crippen molar-refractivity contribution in [1.82, 2.24) is 10.6 Å². The second-order valence-corrected chi connectivity index (χ2v) is 3.72. The van der Waals surface area contributed by atoms with Crippen molar-refractivity contribution >= 4 is 17.5 Å². The third-order valence-corrected chi connectivity index (χ3v) is 2.28. The van der Waals surface area contributed by atoms with Crippen molar-refractivity contribution in [2.24, 2.45) is 0 Å². The molecule has 80 valence electrons. The molecule has 0 aliphatic carbocycles. The fourth-order valence-corrected chi connectivity index (χ4v) is 1.37. The molecule has 0 bridgehead atoms. The molecule has 2 heterocycles. The van der Waals surface area contributed by atoms with Gasteiger partial charge in [-0.15, -0.1) is 11.8 Å². The van der Waals surface area contributed by atoms with Crippen LogP contribution in [0.1, 0.15) is 6.42 Å². The van der Waals surface area contributed by atoms with E-state index in [1.165, 1.54) is 6.08 Å². The van der Waals surface area contributed by atoms with Gasteiger partial charge in [0.25, 0.3) is 0 Å². The lowest BCUT2D eigenvalue weighted by atomic mass is 10.3. The van der Waals surface area contributed by atoms with Gasteiger partial charge in [0.1, 0.15) is 0 Å². The normalized spacial score (nSPS) is 18.0. The van der Waals surface area contributed by atoms with E-state index in [4.69, 9.17) is 0 Å². The van der Waals surface area contributed by atoms with Crippen molar-refractivity contribution in [3.63, 3.8) is 0 Å². The molecule has 0 radical (unpaired) electrons. The highest BCUT2D eigenvalue weighted by Crippen LogP contribution is 2.02. The van der Waals surface area contributed by atoms with Crippen LogP contribution in [0.2, 0.25) is 0 Å². The van der Waals surface area contributed by atoms with E-state index in [0.717, 1.165) is 5.75 Å². The van der Waals surface area contributed by atoms with Crippen molar-refractivity contribution in [1.29, 1.82) is 0 Å². The highest BCUT2D eigenvalue weighted by molar-refractivity contribution is 8.02. The molecule has 0 saturated heterocycles. The van der Waals surface area contributed by atoms with E-state index in [9.17, 15) is 4.79 Å². The van der Waals surface area contributed by atoms with Crippen LogP contribution in [0.15, 0.2) is 48.4 Å². The molecule has 0 spiro atoms. The van der Waals surface area contributed by atoms with E-state index in [1.54, 1.807) is 30.2 Å². The zero-order chi connectivity index (χ0) is 10.8. The van der Waals surface area contributed by atoms with E-state index in [1.807, 2.05) is 17.8 Å². The zero-order valence-corrected chi connectivity index (χ0v) is 9.17. The molecule has 0 atom stereocenters. The SMILES string of the molecule is C1=CNC=CSC1.O=C1C=CNC=CC1. The minimum atomic E-state index is 0.145. The lowest BCUT2D eigenvalue weighted by molar-refractivity contribution is -0.113. The number of allylic oxidation sites excluding steroid dienone is 2. The number of carbonyl (C=O) groups excluding carboxylic acids is 1. The fraction of sp³-hybridized carbons (Fsp3) is 0.182. The standard InChI is InChI=1S/C6H7NO.C5H7NS/c8-6-2-1-4-7-5-3-6;1-2-6-3-5-7-4-1/h1,3-5,7H,2H2;1-3,5-6H,4H2. The number of ketones is 1. The highest BCUT2D eigenvalue weighted by atomic mass is 32.2. The third-order valence-electron chi connectivity index (χ3n) is 1.57. The van der Waals surface area contributed by atoms with Gasteiger partial charge in [0.05, 0.1) is 0 Å². The number of thioether (sulfide) groups is 1. The van der Waals surface area contributed by atoms with Crippen molar-refractivity contribution in [3.05, 3.63) is 48.4 Å². The van der Waals surface area contributed by atoms with Crippen molar-refractivity contribution in [2.75, 3.05) is 5.75 Å². The first-order chi connectivity index (χ1) is 7.39. The molecule has 15 heavy (non-hydrogen) atoms. The summed E-state index contributed by atoms with van der Waals surface area (Å²) in [6, 6.07) is 0. The van der Waals surface area contributed by atoms with Gasteiger partial charge in [0.2, 0.25) is 0 Å². The van der Waals surface area contributed by atoms with Gasteiger partial charge in [-0.2, -0.15) is 0 Å². The summed E-state index contributed by atoms with van der Waals surface area (Å²) in [5, 5.41) is 7.80. The Balaban J connectivity index is 0.000000151. The quantitative estimate of drug-likeness (QED) is 0.656. The maximum atomic E-state index is 10.5. The van der Waals surface area contributed by atoms with E-state index < -0.39 is 0 Å². The van der Waals surface area contributed by atoms with Crippen LogP contribution < -0.4 is 10.6 Å². The van der Waals surface area contributed by atoms with E-state index in [2.05, 4.69) is 16.7 Å². The Morgan fingerprint density at radius 2 is 1.87 bits per heavy atom. The summed E-state index contributed by atoms with van der Waals surface area (Å²) in [4.78, 5) is 10.5. The van der Waals surface area contributed by atoms with Gasteiger partial charge in [-0.1, -0.05) is 12.2 Å². The first-order valence-electron chi connectivity index (χ1n) is 4.68. The topological polar surface area (TPSA) is 41.1 Å². The monoisotopic (exact) mass is 222 g/mol.